The second-order valence-corrected chi connectivity index (χ2v) is 6.08. The van der Waals surface area contributed by atoms with E-state index in [1.807, 2.05) is 13.0 Å². The molecule has 2 N–H and O–H groups in total. The smallest absolute Gasteiger partial charge is 0.221 e. The maximum Gasteiger partial charge on any atom is 0.221 e. The number of hydrogen-bond donors (Lipinski definition) is 2. The van der Waals surface area contributed by atoms with Gasteiger partial charge in [-0.1, -0.05) is 37.3 Å². The Kier molecular flexibility index (Phi) is 6.73. The summed E-state index contributed by atoms with van der Waals surface area (Å²) in [7, 11) is 0. The first-order valence-electron chi connectivity index (χ1n) is 7.51. The van der Waals surface area contributed by atoms with Gasteiger partial charge in [-0.15, -0.1) is 0 Å². The Morgan fingerprint density at radius 2 is 1.90 bits per heavy atom. The summed E-state index contributed by atoms with van der Waals surface area (Å²) < 4.78 is 0. The lowest BCUT2D eigenvalue weighted by Crippen LogP contribution is -2.45. The average Bonchev–Trinajstić information content (AvgIpc) is 2.37. The summed E-state index contributed by atoms with van der Waals surface area (Å²) in [6.45, 7) is 9.17. The van der Waals surface area contributed by atoms with Gasteiger partial charge in [0.2, 0.25) is 5.91 Å². The molecular weight excluding hydrogens is 248 g/mol. The van der Waals surface area contributed by atoms with E-state index in [0.717, 1.165) is 19.4 Å². The van der Waals surface area contributed by atoms with Gasteiger partial charge < -0.3 is 10.6 Å². The molecule has 112 valence electrons. The van der Waals surface area contributed by atoms with Crippen LogP contribution in [0.25, 0.3) is 0 Å². The Balaban J connectivity index is 2.38. The highest BCUT2D eigenvalue weighted by atomic mass is 16.1. The summed E-state index contributed by atoms with van der Waals surface area (Å²) in [6, 6.07) is 10.6. The molecule has 1 rings (SSSR count). The SMILES string of the molecule is CCNC(C)CC(=O)NC(C)(C)CCc1ccccc1. The Morgan fingerprint density at radius 1 is 1.25 bits per heavy atom. The van der Waals surface area contributed by atoms with Crippen molar-refractivity contribution in [2.45, 2.75) is 58.5 Å². The summed E-state index contributed by atoms with van der Waals surface area (Å²) in [5.74, 6) is 0.122. The van der Waals surface area contributed by atoms with Crippen molar-refractivity contribution in [3.05, 3.63) is 35.9 Å². The number of nitrogens with one attached hydrogen (secondary N) is 2. The molecule has 0 aliphatic carbocycles. The number of carbonyl (C=O) groups excluding carboxylic acids is 1. The van der Waals surface area contributed by atoms with Crippen LogP contribution in [0.15, 0.2) is 30.3 Å². The molecule has 1 aromatic carbocycles. The van der Waals surface area contributed by atoms with E-state index in [9.17, 15) is 4.79 Å². The normalized spacial score (nSPS) is 13.0. The second kappa shape index (κ2) is 8.05. The lowest BCUT2D eigenvalue weighted by atomic mass is 9.95. The highest BCUT2D eigenvalue weighted by Crippen LogP contribution is 2.14. The zero-order valence-electron chi connectivity index (χ0n) is 13.2. The van der Waals surface area contributed by atoms with Crippen molar-refractivity contribution in [2.24, 2.45) is 0 Å². The van der Waals surface area contributed by atoms with Gasteiger partial charge in [-0.05, 0) is 45.7 Å². The topological polar surface area (TPSA) is 41.1 Å². The molecule has 0 heterocycles. The molecule has 1 atom stereocenters. The van der Waals surface area contributed by atoms with Crippen LogP contribution in [0.4, 0.5) is 0 Å². The van der Waals surface area contributed by atoms with Crippen LogP contribution < -0.4 is 10.6 Å². The fraction of sp³-hybridized carbons (Fsp3) is 0.588. The first kappa shape index (κ1) is 16.7. The maximum atomic E-state index is 12.0. The van der Waals surface area contributed by atoms with E-state index < -0.39 is 0 Å². The lowest BCUT2D eigenvalue weighted by Gasteiger charge is -2.27. The van der Waals surface area contributed by atoms with Crippen LogP contribution >= 0.6 is 0 Å². The fourth-order valence-corrected chi connectivity index (χ4v) is 2.29. The minimum Gasteiger partial charge on any atom is -0.351 e. The molecule has 0 saturated carbocycles. The first-order chi connectivity index (χ1) is 9.43. The number of benzene rings is 1. The summed E-state index contributed by atoms with van der Waals surface area (Å²) in [5, 5.41) is 6.40. The van der Waals surface area contributed by atoms with Crippen LogP contribution in [-0.4, -0.2) is 24.0 Å². The van der Waals surface area contributed by atoms with Gasteiger partial charge in [-0.25, -0.2) is 0 Å². The maximum absolute atomic E-state index is 12.0. The van der Waals surface area contributed by atoms with Crippen molar-refractivity contribution in [1.82, 2.24) is 10.6 Å². The summed E-state index contributed by atoms with van der Waals surface area (Å²) in [4.78, 5) is 12.0. The molecule has 0 spiro atoms. The van der Waals surface area contributed by atoms with Gasteiger partial charge in [0.15, 0.2) is 0 Å². The van der Waals surface area contributed by atoms with Crippen LogP contribution in [0, 0.1) is 0 Å². The molecule has 0 bridgehead atoms. The molecule has 20 heavy (non-hydrogen) atoms. The van der Waals surface area contributed by atoms with Gasteiger partial charge in [0.05, 0.1) is 0 Å². The molecule has 0 radical (unpaired) electrons. The zero-order chi connectivity index (χ0) is 15.0. The lowest BCUT2D eigenvalue weighted by molar-refractivity contribution is -0.123. The molecule has 1 aromatic rings. The van der Waals surface area contributed by atoms with Crippen LogP contribution in [0.1, 0.15) is 46.1 Å². The fourth-order valence-electron chi connectivity index (χ4n) is 2.29. The summed E-state index contributed by atoms with van der Waals surface area (Å²) >= 11 is 0. The molecule has 0 aliphatic heterocycles. The quantitative estimate of drug-likeness (QED) is 0.766. The van der Waals surface area contributed by atoms with Gasteiger partial charge in [-0.3, -0.25) is 4.79 Å². The number of aryl methyl sites for hydroxylation is 1. The third-order valence-corrected chi connectivity index (χ3v) is 3.40. The van der Waals surface area contributed by atoms with Gasteiger partial charge in [0, 0.05) is 18.0 Å². The Morgan fingerprint density at radius 3 is 2.50 bits per heavy atom. The van der Waals surface area contributed by atoms with E-state index in [1.54, 1.807) is 0 Å². The van der Waals surface area contributed by atoms with Crippen LogP contribution in [0.2, 0.25) is 0 Å². The third-order valence-electron chi connectivity index (χ3n) is 3.40. The van der Waals surface area contributed by atoms with Crippen LogP contribution in [0.5, 0.6) is 0 Å². The van der Waals surface area contributed by atoms with E-state index >= 15 is 0 Å². The zero-order valence-corrected chi connectivity index (χ0v) is 13.2. The van der Waals surface area contributed by atoms with E-state index in [0.29, 0.717) is 6.42 Å². The Hall–Kier alpha value is -1.35. The molecule has 3 nitrogen and oxygen atoms in total. The molecule has 0 saturated heterocycles. The third kappa shape index (κ3) is 6.71. The molecule has 0 fully saturated rings. The highest BCUT2D eigenvalue weighted by Gasteiger charge is 2.21. The average molecular weight is 276 g/mol. The predicted octanol–water partition coefficient (Wildman–Crippen LogP) is 2.90. The van der Waals surface area contributed by atoms with Gasteiger partial charge in [-0.2, -0.15) is 0 Å². The Bertz CT molecular complexity index is 401. The van der Waals surface area contributed by atoms with Crippen molar-refractivity contribution in [3.8, 4) is 0 Å². The van der Waals surface area contributed by atoms with E-state index in [1.165, 1.54) is 5.56 Å². The molecule has 1 amide bonds. The highest BCUT2D eigenvalue weighted by molar-refractivity contribution is 5.77. The van der Waals surface area contributed by atoms with Crippen LogP contribution in [0.3, 0.4) is 0 Å². The number of hydrogen-bond acceptors (Lipinski definition) is 2. The van der Waals surface area contributed by atoms with Gasteiger partial charge >= 0.3 is 0 Å². The second-order valence-electron chi connectivity index (χ2n) is 6.08. The molecular formula is C17H28N2O. The number of carbonyl (C=O) groups is 1. The predicted molar refractivity (Wildman–Crippen MR) is 84.7 cm³/mol. The Labute approximate surface area is 123 Å². The van der Waals surface area contributed by atoms with E-state index in [4.69, 9.17) is 0 Å². The standard InChI is InChI=1S/C17H28N2O/c1-5-18-14(2)13-16(20)19-17(3,4)12-11-15-9-7-6-8-10-15/h6-10,14,18H,5,11-13H2,1-4H3,(H,19,20). The molecule has 0 aliphatic rings. The van der Waals surface area contributed by atoms with Crippen molar-refractivity contribution in [2.75, 3.05) is 6.54 Å². The molecule has 1 unspecified atom stereocenters. The molecule has 3 heteroatoms. The van der Waals surface area contributed by atoms with Crippen molar-refractivity contribution in [1.29, 1.82) is 0 Å². The first-order valence-corrected chi connectivity index (χ1v) is 7.51. The van der Waals surface area contributed by atoms with Crippen molar-refractivity contribution in [3.63, 3.8) is 0 Å². The summed E-state index contributed by atoms with van der Waals surface area (Å²) in [5.41, 5.74) is 1.15. The van der Waals surface area contributed by atoms with E-state index in [2.05, 4.69) is 55.7 Å². The largest absolute Gasteiger partial charge is 0.351 e. The minimum atomic E-state index is -0.168. The van der Waals surface area contributed by atoms with Crippen molar-refractivity contribution < 1.29 is 4.79 Å². The van der Waals surface area contributed by atoms with E-state index in [-0.39, 0.29) is 17.5 Å². The van der Waals surface area contributed by atoms with Gasteiger partial charge in [0.25, 0.3) is 0 Å². The monoisotopic (exact) mass is 276 g/mol. The van der Waals surface area contributed by atoms with Gasteiger partial charge in [0.1, 0.15) is 0 Å². The minimum absolute atomic E-state index is 0.122. The molecule has 0 aromatic heterocycles. The van der Waals surface area contributed by atoms with Crippen molar-refractivity contribution >= 4 is 5.91 Å². The van der Waals surface area contributed by atoms with Crippen LogP contribution in [-0.2, 0) is 11.2 Å². The number of amides is 1. The number of rotatable bonds is 8. The summed E-state index contributed by atoms with van der Waals surface area (Å²) in [6.07, 6.45) is 2.46.